The molecule has 0 unspecified atom stereocenters. The smallest absolute Gasteiger partial charge is 0.326 e. The molecule has 0 aliphatic heterocycles. The van der Waals surface area contributed by atoms with Gasteiger partial charge in [-0.3, -0.25) is 43.3 Å². The summed E-state index contributed by atoms with van der Waals surface area (Å²) >= 11 is 0. The Labute approximate surface area is 333 Å². The highest BCUT2D eigenvalue weighted by molar-refractivity contribution is 5.97. The first kappa shape index (κ1) is 49.5. The Balaban J connectivity index is 3.41. The Hall–Kier alpha value is -6.52. The van der Waals surface area contributed by atoms with Crippen LogP contribution >= 0.6 is 0 Å². The van der Waals surface area contributed by atoms with Crippen molar-refractivity contribution in [2.75, 3.05) is 6.54 Å². The molecule has 17 N–H and O–H groups in total. The van der Waals surface area contributed by atoms with Crippen LogP contribution in [0.1, 0.15) is 70.8 Å². The zero-order valence-electron chi connectivity index (χ0n) is 32.1. The van der Waals surface area contributed by atoms with Crippen LogP contribution in [-0.4, -0.2) is 123 Å². The monoisotopic (exact) mass is 822 g/mol. The van der Waals surface area contributed by atoms with Crippen LogP contribution in [-0.2, 0) is 49.6 Å². The van der Waals surface area contributed by atoms with E-state index >= 15 is 0 Å². The average molecular weight is 823 g/mol. The maximum absolute atomic E-state index is 13.8. The van der Waals surface area contributed by atoms with E-state index in [4.69, 9.17) is 28.0 Å². The molecule has 0 aromatic heterocycles. The minimum absolute atomic E-state index is 0.0515. The normalized spacial score (nSPS) is 14.4. The van der Waals surface area contributed by atoms with Crippen LogP contribution in [0.2, 0.25) is 0 Å². The van der Waals surface area contributed by atoms with Crippen LogP contribution in [0.4, 0.5) is 0 Å². The van der Waals surface area contributed by atoms with Crippen molar-refractivity contribution in [3.8, 4) is 5.75 Å². The number of carbonyl (C=O) groups excluding carboxylic acids is 6. The van der Waals surface area contributed by atoms with Gasteiger partial charge in [-0.15, -0.1) is 0 Å². The predicted octanol–water partition coefficient (Wildman–Crippen LogP) is -3.52. The molecular formula is C35H54N10O13. The number of carboxylic acids is 3. The van der Waals surface area contributed by atoms with E-state index in [0.29, 0.717) is 12.0 Å². The quantitative estimate of drug-likeness (QED) is 0.0232. The fourth-order valence-corrected chi connectivity index (χ4v) is 5.23. The lowest BCUT2D eigenvalue weighted by Gasteiger charge is -2.28. The number of aliphatic carboxylic acids is 3. The van der Waals surface area contributed by atoms with Crippen LogP contribution in [0.3, 0.4) is 0 Å². The molecule has 23 nitrogen and oxygen atoms in total. The van der Waals surface area contributed by atoms with Gasteiger partial charge in [-0.2, -0.15) is 0 Å². The van der Waals surface area contributed by atoms with Crippen LogP contribution < -0.4 is 49.5 Å². The van der Waals surface area contributed by atoms with Crippen molar-refractivity contribution in [3.63, 3.8) is 0 Å². The Kier molecular flexibility index (Phi) is 21.2. The number of primary amides is 1. The standard InChI is InChI=1S/C35H54N10O13/c1-3-17(2)28(45-29(52)20(36)10-13-26(48)49)33(56)44-24(16-27(50)51)32(55)41-21(11-12-25(37)47)30(53)43-23(15-18-6-8-19(46)9-7-18)31(54)42-22(34(57)58)5-4-14-40-35(38)39/h6-9,17,20-24,28,46H,3-5,10-16,36H2,1-2H3,(H2,37,47)(H,41,55)(H,42,54)(H,43,53)(H,44,56)(H,45,52)(H,48,49)(H,50,51)(H,57,58)(H4,38,39,40)/t17-,20-,21-,22-,23-,24-,28-/m0/s1. The van der Waals surface area contributed by atoms with Gasteiger partial charge in [-0.05, 0) is 49.3 Å². The summed E-state index contributed by atoms with van der Waals surface area (Å²) in [4.78, 5) is 117. The zero-order valence-corrected chi connectivity index (χ0v) is 32.1. The molecule has 0 saturated heterocycles. The molecule has 0 bridgehead atoms. The predicted molar refractivity (Wildman–Crippen MR) is 204 cm³/mol. The molecule has 0 heterocycles. The van der Waals surface area contributed by atoms with E-state index in [0.717, 1.165) is 0 Å². The molecule has 23 heteroatoms. The van der Waals surface area contributed by atoms with Crippen molar-refractivity contribution < 1.29 is 63.6 Å². The number of aliphatic imine (C=N–C) groups is 1. The molecule has 0 fully saturated rings. The SMILES string of the molecule is CC[C@H](C)[C@H](NC(=O)[C@@H](N)CCC(=O)O)C(=O)N[C@@H](CC(=O)O)C(=O)N[C@@H](CCC(N)=O)C(=O)N[C@@H](Cc1ccc(O)cc1)C(=O)N[C@@H](CCCN=C(N)N)C(=O)O. The number of benzene rings is 1. The minimum atomic E-state index is -1.87. The summed E-state index contributed by atoms with van der Waals surface area (Å²) in [6.07, 6.45) is -2.63. The average Bonchev–Trinajstić information content (AvgIpc) is 3.14. The first-order valence-corrected chi connectivity index (χ1v) is 18.2. The molecule has 58 heavy (non-hydrogen) atoms. The van der Waals surface area contributed by atoms with Crippen molar-refractivity contribution >= 4 is 59.3 Å². The number of hydrogen-bond acceptors (Lipinski definition) is 12. The van der Waals surface area contributed by atoms with Gasteiger partial charge in [0.25, 0.3) is 0 Å². The summed E-state index contributed by atoms with van der Waals surface area (Å²) in [6.45, 7) is 3.30. The van der Waals surface area contributed by atoms with Crippen molar-refractivity contribution in [2.24, 2.45) is 33.8 Å². The second kappa shape index (κ2) is 24.9. The van der Waals surface area contributed by atoms with Crippen molar-refractivity contribution in [1.29, 1.82) is 0 Å². The highest BCUT2D eigenvalue weighted by Gasteiger charge is 2.35. The maximum Gasteiger partial charge on any atom is 0.326 e. The van der Waals surface area contributed by atoms with Crippen LogP contribution in [0.15, 0.2) is 29.3 Å². The summed E-state index contributed by atoms with van der Waals surface area (Å²) in [7, 11) is 0. The molecule has 0 radical (unpaired) electrons. The molecule has 0 spiro atoms. The largest absolute Gasteiger partial charge is 0.508 e. The van der Waals surface area contributed by atoms with Crippen molar-refractivity contribution in [1.82, 2.24) is 26.6 Å². The Morgan fingerprint density at radius 2 is 1.22 bits per heavy atom. The zero-order chi connectivity index (χ0) is 44.1. The number of guanidine groups is 1. The molecule has 322 valence electrons. The number of aromatic hydroxyl groups is 1. The number of phenols is 1. The van der Waals surface area contributed by atoms with E-state index in [9.17, 15) is 58.5 Å². The summed E-state index contributed by atoms with van der Waals surface area (Å²) in [6, 6.07) is -3.78. The molecule has 1 rings (SSSR count). The molecule has 0 aliphatic rings. The van der Waals surface area contributed by atoms with E-state index in [2.05, 4.69) is 31.6 Å². The topological polar surface area (TPSA) is 411 Å². The second-order valence-corrected chi connectivity index (χ2v) is 13.4. The fourth-order valence-electron chi connectivity index (χ4n) is 5.23. The first-order valence-electron chi connectivity index (χ1n) is 18.2. The maximum atomic E-state index is 13.8. The lowest BCUT2D eigenvalue weighted by atomic mass is 9.97. The third-order valence-electron chi connectivity index (χ3n) is 8.69. The molecule has 0 aliphatic carbocycles. The Morgan fingerprint density at radius 1 is 0.672 bits per heavy atom. The highest BCUT2D eigenvalue weighted by atomic mass is 16.4. The molecule has 7 atom stereocenters. The van der Waals surface area contributed by atoms with Gasteiger partial charge >= 0.3 is 17.9 Å². The van der Waals surface area contributed by atoms with E-state index in [1.807, 2.05) is 0 Å². The van der Waals surface area contributed by atoms with Crippen molar-refractivity contribution in [3.05, 3.63) is 29.8 Å². The number of nitrogens with two attached hydrogens (primary N) is 4. The van der Waals surface area contributed by atoms with E-state index < -0.39 is 121 Å². The van der Waals surface area contributed by atoms with Gasteiger partial charge in [-0.25, -0.2) is 4.79 Å². The number of phenolic OH excluding ortho intramolecular Hbond substituents is 1. The van der Waals surface area contributed by atoms with Crippen molar-refractivity contribution in [2.45, 2.75) is 108 Å². The molecule has 0 saturated carbocycles. The molecular weight excluding hydrogens is 768 g/mol. The molecule has 1 aromatic carbocycles. The minimum Gasteiger partial charge on any atom is -0.508 e. The van der Waals surface area contributed by atoms with E-state index in [1.165, 1.54) is 24.3 Å². The number of carbonyl (C=O) groups is 9. The van der Waals surface area contributed by atoms with Crippen LogP contribution in [0.5, 0.6) is 5.75 Å². The van der Waals surface area contributed by atoms with Gasteiger partial charge in [0.2, 0.25) is 35.4 Å². The van der Waals surface area contributed by atoms with E-state index in [-0.39, 0.29) is 43.9 Å². The second-order valence-electron chi connectivity index (χ2n) is 13.4. The summed E-state index contributed by atoms with van der Waals surface area (Å²) in [5.74, 6) is -11.2. The Bertz CT molecular complexity index is 1650. The number of nitrogens with zero attached hydrogens (tertiary/aromatic N) is 1. The number of hydrogen-bond donors (Lipinski definition) is 13. The summed E-state index contributed by atoms with van der Waals surface area (Å²) in [5, 5.41) is 49.7. The highest BCUT2D eigenvalue weighted by Crippen LogP contribution is 2.14. The number of nitrogens with one attached hydrogen (secondary N) is 5. The van der Waals surface area contributed by atoms with Crippen LogP contribution in [0, 0.1) is 5.92 Å². The van der Waals surface area contributed by atoms with Gasteiger partial charge in [0.05, 0.1) is 12.5 Å². The fraction of sp³-hybridized carbons (Fsp3) is 0.543. The number of rotatable bonds is 27. The first-order chi connectivity index (χ1) is 27.1. The lowest BCUT2D eigenvalue weighted by molar-refractivity contribution is -0.142. The van der Waals surface area contributed by atoms with Gasteiger partial charge in [0, 0.05) is 25.8 Å². The third kappa shape index (κ3) is 18.9. The number of carboxylic acid groups (broad SMARTS) is 3. The van der Waals surface area contributed by atoms with E-state index in [1.54, 1.807) is 13.8 Å². The summed E-state index contributed by atoms with van der Waals surface area (Å²) < 4.78 is 0. The van der Waals surface area contributed by atoms with Gasteiger partial charge < -0.3 is 69.9 Å². The number of amides is 6. The summed E-state index contributed by atoms with van der Waals surface area (Å²) in [5.41, 5.74) is 22.1. The molecule has 1 aromatic rings. The third-order valence-corrected chi connectivity index (χ3v) is 8.69. The molecule has 6 amide bonds. The van der Waals surface area contributed by atoms with Crippen LogP contribution in [0.25, 0.3) is 0 Å². The van der Waals surface area contributed by atoms with Gasteiger partial charge in [0.1, 0.15) is 36.0 Å². The van der Waals surface area contributed by atoms with Gasteiger partial charge in [-0.1, -0.05) is 32.4 Å². The van der Waals surface area contributed by atoms with Gasteiger partial charge in [0.15, 0.2) is 5.96 Å². The lowest BCUT2D eigenvalue weighted by Crippen LogP contribution is -2.60. The Morgan fingerprint density at radius 3 is 1.76 bits per heavy atom.